The van der Waals surface area contributed by atoms with Crippen LogP contribution < -0.4 is 4.74 Å². The molecular weight excluding hydrogens is 376 g/mol. The lowest BCUT2D eigenvalue weighted by atomic mass is 10.0. The van der Waals surface area contributed by atoms with Gasteiger partial charge in [-0.25, -0.2) is 8.42 Å². The van der Waals surface area contributed by atoms with Gasteiger partial charge >= 0.3 is 0 Å². The predicted octanol–water partition coefficient (Wildman–Crippen LogP) is 5.12. The Morgan fingerprint density at radius 2 is 1.59 bits per heavy atom. The maximum absolute atomic E-state index is 13.2. The number of methoxy groups -OCH3 is 1. The van der Waals surface area contributed by atoms with Crippen molar-refractivity contribution in [1.29, 1.82) is 0 Å². The number of ether oxygens (including phenoxy) is 1. The van der Waals surface area contributed by atoms with Crippen LogP contribution in [0, 0.1) is 0 Å². The van der Waals surface area contributed by atoms with Gasteiger partial charge in [0.2, 0.25) is 0 Å². The normalized spacial score (nSPS) is 20.0. The average Bonchev–Trinajstić information content (AvgIpc) is 2.73. The standard InChI is InChI=1S/C22H29O3S2/c1-25-21-12-13-22(26-14-6-3-7-15-26)19-11-10-18(16-20(19)21)27(23,24)17-8-4-2-5-9-17/h10-13,16-17H,2-9,14-15H2,1H3/q+1. The number of hydrogen-bond donors (Lipinski definition) is 0. The first-order valence-corrected chi connectivity index (χ1v) is 13.2. The van der Waals surface area contributed by atoms with Crippen LogP contribution in [-0.2, 0) is 20.7 Å². The van der Waals surface area contributed by atoms with E-state index in [-0.39, 0.29) is 16.1 Å². The summed E-state index contributed by atoms with van der Waals surface area (Å²) in [6.07, 6.45) is 8.71. The Labute approximate surface area is 165 Å². The lowest BCUT2D eigenvalue weighted by Gasteiger charge is -2.22. The number of hydrogen-bond acceptors (Lipinski definition) is 3. The molecule has 2 aliphatic rings. The Morgan fingerprint density at radius 3 is 2.30 bits per heavy atom. The molecule has 1 aliphatic heterocycles. The smallest absolute Gasteiger partial charge is 0.181 e. The number of benzene rings is 2. The van der Waals surface area contributed by atoms with Gasteiger partial charge in [0.05, 0.1) is 17.3 Å². The van der Waals surface area contributed by atoms with Crippen molar-refractivity contribution in [3.8, 4) is 5.75 Å². The molecule has 146 valence electrons. The van der Waals surface area contributed by atoms with E-state index in [0.717, 1.165) is 43.2 Å². The summed E-state index contributed by atoms with van der Waals surface area (Å²) in [6, 6.07) is 9.96. The number of rotatable bonds is 4. The van der Waals surface area contributed by atoms with Gasteiger partial charge in [-0.05, 0) is 62.4 Å². The fourth-order valence-corrected chi connectivity index (χ4v) is 8.88. The summed E-state index contributed by atoms with van der Waals surface area (Å²) in [7, 11) is -1.33. The molecule has 2 aromatic carbocycles. The Balaban J connectivity index is 1.79. The van der Waals surface area contributed by atoms with Gasteiger partial charge < -0.3 is 4.74 Å². The first kappa shape index (κ1) is 19.1. The Kier molecular flexibility index (Phi) is 5.70. The first-order valence-electron chi connectivity index (χ1n) is 10.1. The zero-order valence-corrected chi connectivity index (χ0v) is 17.7. The van der Waals surface area contributed by atoms with Crippen LogP contribution in [0.3, 0.4) is 0 Å². The Bertz CT molecular complexity index is 909. The SMILES string of the molecule is COc1ccc([S+]2CCCCC2)c2ccc(S(=O)(=O)C3CCCCC3)cc12. The molecule has 0 N–H and O–H groups in total. The molecule has 2 aromatic rings. The molecule has 0 bridgehead atoms. The third-order valence-electron chi connectivity index (χ3n) is 6.04. The van der Waals surface area contributed by atoms with Gasteiger partial charge in [-0.3, -0.25) is 0 Å². The summed E-state index contributed by atoms with van der Waals surface area (Å²) in [4.78, 5) is 1.84. The molecule has 4 rings (SSSR count). The number of fused-ring (bicyclic) bond motifs is 1. The van der Waals surface area contributed by atoms with Crippen LogP contribution in [0.2, 0.25) is 0 Å². The molecule has 5 heteroatoms. The van der Waals surface area contributed by atoms with Crippen molar-refractivity contribution >= 4 is 31.5 Å². The highest BCUT2D eigenvalue weighted by atomic mass is 32.2. The summed E-state index contributed by atoms with van der Waals surface area (Å²) >= 11 is 0. The number of sulfone groups is 1. The van der Waals surface area contributed by atoms with Gasteiger partial charge in [-0.15, -0.1) is 0 Å². The molecule has 1 aliphatic carbocycles. The van der Waals surface area contributed by atoms with Crippen LogP contribution in [0.1, 0.15) is 51.4 Å². The third-order valence-corrected chi connectivity index (χ3v) is 10.8. The summed E-state index contributed by atoms with van der Waals surface area (Å²) < 4.78 is 31.9. The topological polar surface area (TPSA) is 43.4 Å². The van der Waals surface area contributed by atoms with Crippen LogP contribution in [0.25, 0.3) is 10.8 Å². The van der Waals surface area contributed by atoms with Gasteiger partial charge in [0.25, 0.3) is 0 Å². The van der Waals surface area contributed by atoms with E-state index in [1.165, 1.54) is 41.0 Å². The second-order valence-corrected chi connectivity index (χ2v) is 12.2. The highest BCUT2D eigenvalue weighted by Crippen LogP contribution is 2.37. The third kappa shape index (κ3) is 3.73. The Hall–Kier alpha value is -1.20. The summed E-state index contributed by atoms with van der Waals surface area (Å²) in [5.41, 5.74) is 0. The van der Waals surface area contributed by atoms with Crippen LogP contribution in [0.4, 0.5) is 0 Å². The highest BCUT2D eigenvalue weighted by Gasteiger charge is 2.31. The van der Waals surface area contributed by atoms with E-state index in [2.05, 4.69) is 6.07 Å². The second-order valence-electron chi connectivity index (χ2n) is 7.74. The molecule has 1 saturated carbocycles. The minimum absolute atomic E-state index is 0.224. The molecule has 0 aromatic heterocycles. The van der Waals surface area contributed by atoms with Gasteiger partial charge in [0.1, 0.15) is 17.3 Å². The summed E-state index contributed by atoms with van der Waals surface area (Å²) in [5.74, 6) is 3.28. The van der Waals surface area contributed by atoms with Gasteiger partial charge in [0, 0.05) is 21.7 Å². The van der Waals surface area contributed by atoms with E-state index in [1.807, 2.05) is 24.3 Å². The molecule has 0 radical (unpaired) electrons. The Morgan fingerprint density at radius 1 is 0.889 bits per heavy atom. The molecule has 1 saturated heterocycles. The molecule has 0 spiro atoms. The zero-order chi connectivity index (χ0) is 18.9. The quantitative estimate of drug-likeness (QED) is 0.664. The average molecular weight is 406 g/mol. The fraction of sp³-hybridized carbons (Fsp3) is 0.545. The summed E-state index contributed by atoms with van der Waals surface area (Å²) in [5, 5.41) is 1.89. The van der Waals surface area contributed by atoms with E-state index in [0.29, 0.717) is 4.90 Å². The maximum Gasteiger partial charge on any atom is 0.181 e. The van der Waals surface area contributed by atoms with Crippen LogP contribution >= 0.6 is 0 Å². The highest BCUT2D eigenvalue weighted by molar-refractivity contribution is 7.97. The van der Waals surface area contributed by atoms with Crippen LogP contribution in [-0.4, -0.2) is 32.3 Å². The van der Waals surface area contributed by atoms with Crippen molar-refractivity contribution < 1.29 is 13.2 Å². The van der Waals surface area contributed by atoms with Crippen molar-refractivity contribution in [1.82, 2.24) is 0 Å². The fourth-order valence-electron chi connectivity index (χ4n) is 4.50. The van der Waals surface area contributed by atoms with Crippen molar-refractivity contribution in [3.05, 3.63) is 30.3 Å². The monoisotopic (exact) mass is 405 g/mol. The molecule has 3 nitrogen and oxygen atoms in total. The second kappa shape index (κ2) is 8.04. The molecule has 0 unspecified atom stereocenters. The summed E-state index contributed by atoms with van der Waals surface area (Å²) in [6.45, 7) is 0. The van der Waals surface area contributed by atoms with E-state index >= 15 is 0 Å². The van der Waals surface area contributed by atoms with E-state index < -0.39 is 9.84 Å². The van der Waals surface area contributed by atoms with Crippen LogP contribution in [0.5, 0.6) is 5.75 Å². The van der Waals surface area contributed by atoms with Gasteiger partial charge in [0.15, 0.2) is 14.7 Å². The lowest BCUT2D eigenvalue weighted by molar-refractivity contribution is 0.419. The minimum atomic E-state index is -3.27. The molecular formula is C22H29O3S2+. The van der Waals surface area contributed by atoms with Crippen LogP contribution in [0.15, 0.2) is 40.1 Å². The maximum atomic E-state index is 13.2. The molecule has 27 heavy (non-hydrogen) atoms. The lowest BCUT2D eigenvalue weighted by Crippen LogP contribution is -2.24. The van der Waals surface area contributed by atoms with Gasteiger partial charge in [-0.1, -0.05) is 19.3 Å². The largest absolute Gasteiger partial charge is 0.496 e. The van der Waals surface area contributed by atoms with Crippen molar-refractivity contribution in [2.24, 2.45) is 0 Å². The van der Waals surface area contributed by atoms with E-state index in [1.54, 1.807) is 7.11 Å². The zero-order valence-electron chi connectivity index (χ0n) is 16.1. The molecule has 0 atom stereocenters. The predicted molar refractivity (Wildman–Crippen MR) is 114 cm³/mol. The van der Waals surface area contributed by atoms with Gasteiger partial charge in [-0.2, -0.15) is 0 Å². The van der Waals surface area contributed by atoms with Crippen molar-refractivity contribution in [2.45, 2.75) is 66.4 Å². The van der Waals surface area contributed by atoms with Crippen molar-refractivity contribution in [2.75, 3.05) is 18.6 Å². The molecule has 0 amide bonds. The first-order chi connectivity index (χ1) is 13.1. The van der Waals surface area contributed by atoms with Crippen molar-refractivity contribution in [3.63, 3.8) is 0 Å². The molecule has 2 fully saturated rings. The van der Waals surface area contributed by atoms with E-state index in [4.69, 9.17) is 4.74 Å². The van der Waals surface area contributed by atoms with E-state index in [9.17, 15) is 8.42 Å². The molecule has 1 heterocycles. The minimum Gasteiger partial charge on any atom is -0.496 e.